The molecule has 0 radical (unpaired) electrons. The van der Waals surface area contributed by atoms with Crippen LogP contribution in [0.2, 0.25) is 0 Å². The first-order chi connectivity index (χ1) is 24.9. The first kappa shape index (κ1) is 50.6. The van der Waals surface area contributed by atoms with Crippen molar-refractivity contribution < 1.29 is 37.7 Å². The minimum absolute atomic E-state index is 0.00962. The molecule has 0 bridgehead atoms. The number of likely N-dealkylation sites (N-methyl/N-ethyl adjacent to an activating group) is 1. The Morgan fingerprint density at radius 1 is 0.712 bits per heavy atom. The normalized spacial score (nSPS) is 14.6. The lowest BCUT2D eigenvalue weighted by Crippen LogP contribution is -2.46. The zero-order valence-electron chi connectivity index (χ0n) is 34.3. The number of nitrogens with one attached hydrogen (secondary N) is 1. The van der Waals surface area contributed by atoms with Crippen LogP contribution in [0, 0.1) is 0 Å². The van der Waals surface area contributed by atoms with Gasteiger partial charge in [-0.25, -0.2) is 0 Å². The van der Waals surface area contributed by atoms with Crippen LogP contribution in [0.4, 0.5) is 0 Å². The van der Waals surface area contributed by atoms with Crippen LogP contribution >= 0.6 is 7.82 Å². The Bertz CT molecular complexity index is 966. The summed E-state index contributed by atoms with van der Waals surface area (Å²) >= 11 is 0. The lowest BCUT2D eigenvalue weighted by molar-refractivity contribution is -0.870. The fourth-order valence-electron chi connectivity index (χ4n) is 5.96. The van der Waals surface area contributed by atoms with E-state index in [4.69, 9.17) is 9.05 Å². The molecule has 10 heteroatoms. The maximum absolute atomic E-state index is 12.8. The van der Waals surface area contributed by atoms with Gasteiger partial charge in [-0.3, -0.25) is 14.2 Å². The number of quaternary nitrogens is 1. The number of nitrogens with zero attached hydrogens (tertiary/aromatic N) is 1. The third-order valence-electron chi connectivity index (χ3n) is 9.42. The summed E-state index contributed by atoms with van der Waals surface area (Å²) in [4.78, 5) is 37.3. The summed E-state index contributed by atoms with van der Waals surface area (Å²) in [5.74, 6) is -0.0942. The number of unbranched alkanes of at least 4 members (excludes halogenated alkanes) is 20. The van der Waals surface area contributed by atoms with Gasteiger partial charge in [-0.1, -0.05) is 154 Å². The van der Waals surface area contributed by atoms with Crippen LogP contribution in [0.25, 0.3) is 0 Å². The summed E-state index contributed by atoms with van der Waals surface area (Å²) in [7, 11) is 1.23. The lowest BCUT2D eigenvalue weighted by atomic mass is 10.0. The van der Waals surface area contributed by atoms with Crippen molar-refractivity contribution in [1.82, 2.24) is 5.32 Å². The average Bonchev–Trinajstić information content (AvgIpc) is 3.08. The predicted molar refractivity (Wildman–Crippen MR) is 215 cm³/mol. The summed E-state index contributed by atoms with van der Waals surface area (Å²) in [5, 5.41) is 13.8. The number of aliphatic hydroxyl groups is 1. The number of amides is 1. The van der Waals surface area contributed by atoms with Crippen LogP contribution < -0.4 is 10.2 Å². The highest BCUT2D eigenvalue weighted by Gasteiger charge is 2.24. The summed E-state index contributed by atoms with van der Waals surface area (Å²) in [5.41, 5.74) is 0. The zero-order chi connectivity index (χ0) is 38.8. The van der Waals surface area contributed by atoms with Crippen LogP contribution in [0.1, 0.15) is 181 Å². The second-order valence-electron chi connectivity index (χ2n) is 15.7. The van der Waals surface area contributed by atoms with Crippen molar-refractivity contribution >= 4 is 19.5 Å². The van der Waals surface area contributed by atoms with Crippen molar-refractivity contribution in [3.05, 3.63) is 24.3 Å². The highest BCUT2D eigenvalue weighted by molar-refractivity contribution is 7.45. The van der Waals surface area contributed by atoms with Gasteiger partial charge in [0.15, 0.2) is 5.78 Å². The number of carbonyl (C=O) groups excluding carboxylic acids is 2. The van der Waals surface area contributed by atoms with E-state index in [9.17, 15) is 24.2 Å². The number of hydrogen-bond acceptors (Lipinski definition) is 7. The largest absolute Gasteiger partial charge is 0.756 e. The molecule has 0 aliphatic rings. The van der Waals surface area contributed by atoms with Crippen molar-refractivity contribution in [3.63, 3.8) is 0 Å². The molecule has 306 valence electrons. The molecule has 2 N–H and O–H groups in total. The predicted octanol–water partition coefficient (Wildman–Crippen LogP) is 9.90. The van der Waals surface area contributed by atoms with Gasteiger partial charge in [-0.05, 0) is 38.2 Å². The molecule has 0 aromatic heterocycles. The Morgan fingerprint density at radius 3 is 1.77 bits per heavy atom. The number of ketones is 1. The first-order valence-electron chi connectivity index (χ1n) is 21.1. The zero-order valence-corrected chi connectivity index (χ0v) is 35.2. The van der Waals surface area contributed by atoms with Gasteiger partial charge in [0.2, 0.25) is 5.91 Å². The second kappa shape index (κ2) is 34.2. The third-order valence-corrected chi connectivity index (χ3v) is 10.4. The monoisotopic (exact) mass is 757 g/mol. The SMILES string of the molecule is CCCCC/C=C\C=C\C(=O)CCCCCCCC(=O)N[C@@H](COP(=O)([O-])OCC[N+](C)(C)C)[C@H](O)CCCCCCCCCCCCCCCC. The van der Waals surface area contributed by atoms with Crippen LogP contribution in [-0.2, 0) is 23.2 Å². The van der Waals surface area contributed by atoms with Crippen LogP contribution in [0.15, 0.2) is 24.3 Å². The molecule has 0 rings (SSSR count). The standard InChI is InChI=1S/C42H81N2O7P/c1-6-8-10-12-14-15-16-17-18-19-20-22-26-30-34-41(46)40(38-51-52(48,49)50-37-36-44(3,4)5)43-42(47)35-31-27-23-25-29-33-39(45)32-28-24-21-13-11-9-7-2/h21,24,28,32,40-41,46H,6-20,22-23,25-27,29-31,33-38H2,1-5H3,(H-,43,47,48,49)/b24-21-,32-28+/t40-,41+/m0/s1. The van der Waals surface area contributed by atoms with Gasteiger partial charge < -0.3 is 28.8 Å². The Hall–Kier alpha value is -1.35. The molecule has 0 aliphatic heterocycles. The molecule has 3 atom stereocenters. The van der Waals surface area contributed by atoms with Crippen molar-refractivity contribution in [1.29, 1.82) is 0 Å². The second-order valence-corrected chi connectivity index (χ2v) is 17.1. The van der Waals surface area contributed by atoms with Gasteiger partial charge in [0.1, 0.15) is 13.2 Å². The highest BCUT2D eigenvalue weighted by atomic mass is 31.2. The van der Waals surface area contributed by atoms with Crippen LogP contribution in [0.5, 0.6) is 0 Å². The Kier molecular flexibility index (Phi) is 33.3. The molecule has 9 nitrogen and oxygen atoms in total. The van der Waals surface area contributed by atoms with Crippen molar-refractivity contribution in [2.75, 3.05) is 40.9 Å². The summed E-state index contributed by atoms with van der Waals surface area (Å²) < 4.78 is 23.2. The molecule has 0 spiro atoms. The van der Waals surface area contributed by atoms with Crippen molar-refractivity contribution in [3.8, 4) is 0 Å². The molecule has 0 saturated heterocycles. The van der Waals surface area contributed by atoms with E-state index in [0.717, 1.165) is 51.4 Å². The minimum atomic E-state index is -4.59. The quantitative estimate of drug-likeness (QED) is 0.0211. The molecule has 0 saturated carbocycles. The van der Waals surface area contributed by atoms with E-state index in [0.29, 0.717) is 30.3 Å². The molecule has 0 aromatic carbocycles. The maximum Gasteiger partial charge on any atom is 0.268 e. The summed E-state index contributed by atoms with van der Waals surface area (Å²) in [6.45, 7) is 4.55. The average molecular weight is 757 g/mol. The van der Waals surface area contributed by atoms with Crippen LogP contribution in [-0.4, -0.2) is 74.3 Å². The minimum Gasteiger partial charge on any atom is -0.756 e. The van der Waals surface area contributed by atoms with Gasteiger partial charge >= 0.3 is 0 Å². The Labute approximate surface area is 320 Å². The molecule has 52 heavy (non-hydrogen) atoms. The molecule has 0 aliphatic carbocycles. The van der Waals surface area contributed by atoms with E-state index < -0.39 is 20.0 Å². The molecule has 0 heterocycles. The van der Waals surface area contributed by atoms with Gasteiger partial charge in [-0.2, -0.15) is 0 Å². The van der Waals surface area contributed by atoms with Gasteiger partial charge in [0, 0.05) is 12.8 Å². The number of carbonyl (C=O) groups is 2. The topological polar surface area (TPSA) is 125 Å². The van der Waals surface area contributed by atoms with E-state index >= 15 is 0 Å². The number of phosphoric ester groups is 1. The Balaban J connectivity index is 4.50. The summed E-state index contributed by atoms with van der Waals surface area (Å²) in [6, 6.07) is -0.844. The number of hydrogen-bond donors (Lipinski definition) is 2. The molecule has 1 amide bonds. The molecular weight excluding hydrogens is 675 g/mol. The number of aliphatic hydroxyl groups excluding tert-OH is 1. The first-order valence-corrected chi connectivity index (χ1v) is 22.6. The van der Waals surface area contributed by atoms with E-state index in [1.54, 1.807) is 6.08 Å². The third kappa shape index (κ3) is 35.7. The van der Waals surface area contributed by atoms with Gasteiger partial charge in [0.05, 0.1) is 39.9 Å². The molecular formula is C42H81N2O7P. The number of phosphoric acid groups is 1. The van der Waals surface area contributed by atoms with Gasteiger partial charge in [-0.15, -0.1) is 0 Å². The van der Waals surface area contributed by atoms with Crippen LogP contribution in [0.3, 0.4) is 0 Å². The molecule has 0 fully saturated rings. The fraction of sp³-hybridized carbons (Fsp3) is 0.857. The molecule has 0 aromatic rings. The van der Waals surface area contributed by atoms with Crippen molar-refractivity contribution in [2.45, 2.75) is 193 Å². The van der Waals surface area contributed by atoms with Gasteiger partial charge in [0.25, 0.3) is 7.82 Å². The van der Waals surface area contributed by atoms with E-state index in [1.807, 2.05) is 33.3 Å². The number of allylic oxidation sites excluding steroid dienone is 4. The lowest BCUT2D eigenvalue weighted by Gasteiger charge is -2.30. The van der Waals surface area contributed by atoms with Crippen molar-refractivity contribution in [2.24, 2.45) is 0 Å². The molecule has 1 unspecified atom stereocenters. The van der Waals surface area contributed by atoms with E-state index in [1.165, 1.54) is 89.9 Å². The number of rotatable bonds is 38. The smallest absolute Gasteiger partial charge is 0.268 e. The Morgan fingerprint density at radius 2 is 1.21 bits per heavy atom. The summed E-state index contributed by atoms with van der Waals surface area (Å²) in [6.07, 6.45) is 34.2. The maximum atomic E-state index is 12.8. The van der Waals surface area contributed by atoms with E-state index in [2.05, 4.69) is 25.2 Å². The fourth-order valence-corrected chi connectivity index (χ4v) is 6.68. The van der Waals surface area contributed by atoms with E-state index in [-0.39, 0.29) is 31.3 Å². The highest BCUT2D eigenvalue weighted by Crippen LogP contribution is 2.38.